The summed E-state index contributed by atoms with van der Waals surface area (Å²) in [7, 11) is 0. The predicted octanol–water partition coefficient (Wildman–Crippen LogP) is 3.23. The third-order valence-corrected chi connectivity index (χ3v) is 3.29. The van der Waals surface area contributed by atoms with E-state index in [1.807, 2.05) is 12.1 Å². The van der Waals surface area contributed by atoms with Gasteiger partial charge in [0, 0.05) is 24.8 Å². The van der Waals surface area contributed by atoms with Crippen molar-refractivity contribution < 1.29 is 4.79 Å². The third-order valence-electron chi connectivity index (χ3n) is 3.08. The second-order valence-corrected chi connectivity index (χ2v) is 4.79. The molecule has 2 heterocycles. The smallest absolute Gasteiger partial charge is 0.255 e. The first-order valence-corrected chi connectivity index (χ1v) is 7.15. The molecule has 0 bridgehead atoms. The van der Waals surface area contributed by atoms with Gasteiger partial charge in [-0.15, -0.1) is 0 Å². The maximum atomic E-state index is 12.1. The molecule has 110 valence electrons. The van der Waals surface area contributed by atoms with Gasteiger partial charge in [-0.05, 0) is 38.1 Å². The standard InChI is InChI=1S/C15H17ClN4O/c1-3-20(4-2)14-6-5-12(10-18-14)19-15(21)11-7-8-17-13(16)9-11/h5-10H,3-4H2,1-2H3,(H,19,21). The Labute approximate surface area is 129 Å². The average molecular weight is 305 g/mol. The quantitative estimate of drug-likeness (QED) is 0.862. The summed E-state index contributed by atoms with van der Waals surface area (Å²) < 4.78 is 0. The molecule has 0 aliphatic heterocycles. The van der Waals surface area contributed by atoms with E-state index in [1.54, 1.807) is 12.3 Å². The van der Waals surface area contributed by atoms with Crippen LogP contribution in [0.3, 0.4) is 0 Å². The number of hydrogen-bond donors (Lipinski definition) is 1. The lowest BCUT2D eigenvalue weighted by molar-refractivity contribution is 0.102. The van der Waals surface area contributed by atoms with Crippen LogP contribution in [0.1, 0.15) is 24.2 Å². The zero-order valence-electron chi connectivity index (χ0n) is 12.0. The van der Waals surface area contributed by atoms with Gasteiger partial charge >= 0.3 is 0 Å². The molecule has 0 aliphatic rings. The van der Waals surface area contributed by atoms with Crippen molar-refractivity contribution in [2.75, 3.05) is 23.3 Å². The van der Waals surface area contributed by atoms with Crippen LogP contribution in [0.2, 0.25) is 5.15 Å². The SMILES string of the molecule is CCN(CC)c1ccc(NC(=O)c2ccnc(Cl)c2)cn1. The first kappa shape index (κ1) is 15.3. The van der Waals surface area contributed by atoms with E-state index in [-0.39, 0.29) is 11.1 Å². The topological polar surface area (TPSA) is 58.1 Å². The summed E-state index contributed by atoms with van der Waals surface area (Å²) >= 11 is 5.77. The molecule has 0 saturated heterocycles. The minimum Gasteiger partial charge on any atom is -0.357 e. The van der Waals surface area contributed by atoms with Gasteiger partial charge in [-0.3, -0.25) is 4.79 Å². The third kappa shape index (κ3) is 3.92. The lowest BCUT2D eigenvalue weighted by Crippen LogP contribution is -2.22. The van der Waals surface area contributed by atoms with E-state index in [9.17, 15) is 4.79 Å². The summed E-state index contributed by atoms with van der Waals surface area (Å²) in [6, 6.07) is 6.86. The molecular weight excluding hydrogens is 288 g/mol. The fourth-order valence-electron chi connectivity index (χ4n) is 1.94. The van der Waals surface area contributed by atoms with Crippen molar-refractivity contribution in [3.8, 4) is 0 Å². The number of amides is 1. The van der Waals surface area contributed by atoms with Gasteiger partial charge in [0.2, 0.25) is 0 Å². The van der Waals surface area contributed by atoms with Gasteiger partial charge in [-0.25, -0.2) is 9.97 Å². The highest BCUT2D eigenvalue weighted by Gasteiger charge is 2.08. The summed E-state index contributed by atoms with van der Waals surface area (Å²) in [4.78, 5) is 22.4. The molecule has 0 aliphatic carbocycles. The number of halogens is 1. The van der Waals surface area contributed by atoms with Crippen LogP contribution in [0.4, 0.5) is 11.5 Å². The largest absolute Gasteiger partial charge is 0.357 e. The van der Waals surface area contributed by atoms with Crippen molar-refractivity contribution >= 4 is 29.0 Å². The molecule has 21 heavy (non-hydrogen) atoms. The van der Waals surface area contributed by atoms with Gasteiger partial charge in [-0.2, -0.15) is 0 Å². The van der Waals surface area contributed by atoms with Crippen LogP contribution >= 0.6 is 11.6 Å². The number of nitrogens with one attached hydrogen (secondary N) is 1. The first-order chi connectivity index (χ1) is 10.1. The van der Waals surface area contributed by atoms with Crippen molar-refractivity contribution in [3.05, 3.63) is 47.4 Å². The van der Waals surface area contributed by atoms with Crippen LogP contribution in [0.5, 0.6) is 0 Å². The molecule has 1 amide bonds. The van der Waals surface area contributed by atoms with Gasteiger partial charge in [0.1, 0.15) is 11.0 Å². The monoisotopic (exact) mass is 304 g/mol. The summed E-state index contributed by atoms with van der Waals surface area (Å²) in [5.74, 6) is 0.654. The Morgan fingerprint density at radius 1 is 1.24 bits per heavy atom. The maximum Gasteiger partial charge on any atom is 0.255 e. The molecule has 0 fully saturated rings. The maximum absolute atomic E-state index is 12.1. The van der Waals surface area contributed by atoms with Gasteiger partial charge in [0.15, 0.2) is 0 Å². The van der Waals surface area contributed by atoms with Crippen molar-refractivity contribution in [1.82, 2.24) is 9.97 Å². The Kier molecular flexibility index (Phi) is 5.11. The Bertz CT molecular complexity index is 611. The van der Waals surface area contributed by atoms with E-state index in [1.165, 1.54) is 12.3 Å². The number of anilines is 2. The molecule has 0 saturated carbocycles. The molecule has 2 aromatic heterocycles. The van der Waals surface area contributed by atoms with Crippen LogP contribution in [-0.2, 0) is 0 Å². The lowest BCUT2D eigenvalue weighted by Gasteiger charge is -2.19. The van der Waals surface area contributed by atoms with E-state index in [0.29, 0.717) is 11.3 Å². The van der Waals surface area contributed by atoms with Gasteiger partial charge in [0.05, 0.1) is 11.9 Å². The van der Waals surface area contributed by atoms with Crippen molar-refractivity contribution in [3.63, 3.8) is 0 Å². The van der Waals surface area contributed by atoms with E-state index in [0.717, 1.165) is 18.9 Å². The van der Waals surface area contributed by atoms with Crippen molar-refractivity contribution in [2.24, 2.45) is 0 Å². The number of carbonyl (C=O) groups excluding carboxylic acids is 1. The fraction of sp³-hybridized carbons (Fsp3) is 0.267. The molecule has 0 unspecified atom stereocenters. The van der Waals surface area contributed by atoms with Crippen LogP contribution < -0.4 is 10.2 Å². The lowest BCUT2D eigenvalue weighted by atomic mass is 10.2. The molecule has 0 aromatic carbocycles. The molecule has 0 spiro atoms. The van der Waals surface area contributed by atoms with Crippen LogP contribution in [0.15, 0.2) is 36.7 Å². The highest BCUT2D eigenvalue weighted by Crippen LogP contribution is 2.15. The second kappa shape index (κ2) is 7.04. The average Bonchev–Trinajstić information content (AvgIpc) is 2.50. The Balaban J connectivity index is 2.08. The van der Waals surface area contributed by atoms with Crippen LogP contribution in [0.25, 0.3) is 0 Å². The van der Waals surface area contributed by atoms with Gasteiger partial charge in [0.25, 0.3) is 5.91 Å². The normalized spacial score (nSPS) is 10.2. The molecule has 2 aromatic rings. The summed E-state index contributed by atoms with van der Waals surface area (Å²) in [5, 5.41) is 3.07. The number of aromatic nitrogens is 2. The second-order valence-electron chi connectivity index (χ2n) is 4.40. The molecule has 0 radical (unpaired) electrons. The Hall–Kier alpha value is -2.14. The molecule has 6 heteroatoms. The molecule has 5 nitrogen and oxygen atoms in total. The van der Waals surface area contributed by atoms with E-state index in [2.05, 4.69) is 34.0 Å². The number of nitrogens with zero attached hydrogens (tertiary/aromatic N) is 3. The van der Waals surface area contributed by atoms with E-state index >= 15 is 0 Å². The van der Waals surface area contributed by atoms with Crippen molar-refractivity contribution in [2.45, 2.75) is 13.8 Å². The first-order valence-electron chi connectivity index (χ1n) is 6.78. The predicted molar refractivity (Wildman–Crippen MR) is 85.0 cm³/mol. The van der Waals surface area contributed by atoms with Crippen molar-refractivity contribution in [1.29, 1.82) is 0 Å². The number of pyridine rings is 2. The summed E-state index contributed by atoms with van der Waals surface area (Å²) in [6.45, 7) is 5.94. The highest BCUT2D eigenvalue weighted by molar-refractivity contribution is 6.29. The fourth-order valence-corrected chi connectivity index (χ4v) is 2.12. The van der Waals surface area contributed by atoms with Gasteiger partial charge < -0.3 is 10.2 Å². The van der Waals surface area contributed by atoms with Gasteiger partial charge in [-0.1, -0.05) is 11.6 Å². The molecule has 0 atom stereocenters. The number of hydrogen-bond acceptors (Lipinski definition) is 4. The zero-order chi connectivity index (χ0) is 15.2. The van der Waals surface area contributed by atoms with E-state index in [4.69, 9.17) is 11.6 Å². The molecule has 2 rings (SSSR count). The van der Waals surface area contributed by atoms with E-state index < -0.39 is 0 Å². The zero-order valence-corrected chi connectivity index (χ0v) is 12.8. The minimum atomic E-state index is -0.239. The summed E-state index contributed by atoms with van der Waals surface area (Å²) in [6.07, 6.45) is 3.15. The van der Waals surface area contributed by atoms with Crippen LogP contribution in [0, 0.1) is 0 Å². The summed E-state index contributed by atoms with van der Waals surface area (Å²) in [5.41, 5.74) is 1.10. The number of rotatable bonds is 5. The van der Waals surface area contributed by atoms with Crippen LogP contribution in [-0.4, -0.2) is 29.0 Å². The molecule has 1 N–H and O–H groups in total. The Morgan fingerprint density at radius 2 is 2.00 bits per heavy atom. The number of carbonyl (C=O) groups is 1. The molecular formula is C15H17ClN4O. The minimum absolute atomic E-state index is 0.239. The highest BCUT2D eigenvalue weighted by atomic mass is 35.5. The Morgan fingerprint density at radius 3 is 2.57 bits per heavy atom.